The van der Waals surface area contributed by atoms with Crippen molar-refractivity contribution in [3.63, 3.8) is 0 Å². The molecule has 0 spiro atoms. The zero-order valence-electron chi connectivity index (χ0n) is 10.0. The van der Waals surface area contributed by atoms with E-state index in [9.17, 15) is 0 Å². The highest BCUT2D eigenvalue weighted by Gasteiger charge is 2.25. The predicted molar refractivity (Wildman–Crippen MR) is 71.0 cm³/mol. The van der Waals surface area contributed by atoms with Crippen LogP contribution in [-0.2, 0) is 6.42 Å². The number of aryl methyl sites for hydroxylation is 1. The molecule has 96 valence electrons. The molecule has 1 unspecified atom stereocenters. The molecule has 2 aromatic rings. The van der Waals surface area contributed by atoms with Gasteiger partial charge in [-0.2, -0.15) is 5.10 Å². The maximum atomic E-state index is 8.92. The lowest BCUT2D eigenvalue weighted by molar-refractivity contribution is 0.288. The molecule has 0 bridgehead atoms. The van der Waals surface area contributed by atoms with Gasteiger partial charge in [-0.3, -0.25) is 0 Å². The fraction of sp³-hybridized carbons (Fsp3) is 0.500. The van der Waals surface area contributed by atoms with Crippen molar-refractivity contribution in [2.45, 2.75) is 25.3 Å². The standard InChI is InChI=1S/C12H16N4OS/c17-6-1-2-9-8-15-16-10(3-4-13-11(9)16)12-14-5-7-18-12/h5,7-8,10,13,17H,1-4,6H2. The third-order valence-electron chi connectivity index (χ3n) is 3.22. The van der Waals surface area contributed by atoms with Crippen molar-refractivity contribution in [3.05, 3.63) is 28.3 Å². The van der Waals surface area contributed by atoms with Crippen molar-refractivity contribution in [2.75, 3.05) is 18.5 Å². The molecule has 5 nitrogen and oxygen atoms in total. The normalized spacial score (nSPS) is 18.4. The van der Waals surface area contributed by atoms with Crippen molar-refractivity contribution in [1.82, 2.24) is 14.8 Å². The topological polar surface area (TPSA) is 63.0 Å². The minimum Gasteiger partial charge on any atom is -0.396 e. The second-order valence-corrected chi connectivity index (χ2v) is 5.32. The van der Waals surface area contributed by atoms with Gasteiger partial charge >= 0.3 is 0 Å². The first-order chi connectivity index (χ1) is 8.90. The van der Waals surface area contributed by atoms with E-state index >= 15 is 0 Å². The average molecular weight is 264 g/mol. The minimum atomic E-state index is 0.223. The fourth-order valence-corrected chi connectivity index (χ4v) is 3.12. The van der Waals surface area contributed by atoms with Crippen LogP contribution in [0.15, 0.2) is 17.8 Å². The van der Waals surface area contributed by atoms with Crippen molar-refractivity contribution in [1.29, 1.82) is 0 Å². The summed E-state index contributed by atoms with van der Waals surface area (Å²) in [5.74, 6) is 1.09. The molecule has 3 rings (SSSR count). The van der Waals surface area contributed by atoms with Gasteiger partial charge in [-0.05, 0) is 19.3 Å². The van der Waals surface area contributed by atoms with E-state index < -0.39 is 0 Å². The Hall–Kier alpha value is -1.40. The molecule has 0 saturated carbocycles. The second kappa shape index (κ2) is 5.07. The number of hydrogen-bond donors (Lipinski definition) is 2. The number of aliphatic hydroxyl groups excluding tert-OH is 1. The molecule has 0 saturated heterocycles. The van der Waals surface area contributed by atoms with Crippen LogP contribution in [0.3, 0.4) is 0 Å². The molecule has 0 amide bonds. The monoisotopic (exact) mass is 264 g/mol. The van der Waals surface area contributed by atoms with Crippen molar-refractivity contribution < 1.29 is 5.11 Å². The SMILES string of the molecule is OCCCc1cnn2c1NCCC2c1nccs1. The molecule has 0 fully saturated rings. The van der Waals surface area contributed by atoms with Crippen LogP contribution in [0, 0.1) is 0 Å². The largest absolute Gasteiger partial charge is 0.396 e. The smallest absolute Gasteiger partial charge is 0.128 e. The average Bonchev–Trinajstić information content (AvgIpc) is 3.05. The number of nitrogens with zero attached hydrogens (tertiary/aromatic N) is 3. The van der Waals surface area contributed by atoms with E-state index in [-0.39, 0.29) is 12.6 Å². The lowest BCUT2D eigenvalue weighted by Crippen LogP contribution is -2.24. The van der Waals surface area contributed by atoms with Crippen LogP contribution in [0.25, 0.3) is 0 Å². The number of thiazole rings is 1. The number of anilines is 1. The van der Waals surface area contributed by atoms with E-state index in [0.717, 1.165) is 36.6 Å². The molecule has 3 heterocycles. The first kappa shape index (κ1) is 11.7. The Bertz CT molecular complexity index is 508. The Morgan fingerprint density at radius 3 is 3.28 bits per heavy atom. The van der Waals surface area contributed by atoms with Gasteiger partial charge < -0.3 is 10.4 Å². The van der Waals surface area contributed by atoms with Crippen LogP contribution in [0.4, 0.5) is 5.82 Å². The lowest BCUT2D eigenvalue weighted by Gasteiger charge is -2.24. The number of aromatic nitrogens is 3. The van der Waals surface area contributed by atoms with Crippen LogP contribution in [0.2, 0.25) is 0 Å². The number of fused-ring (bicyclic) bond motifs is 1. The fourth-order valence-electron chi connectivity index (χ4n) is 2.36. The molecule has 1 atom stereocenters. The van der Waals surface area contributed by atoms with Gasteiger partial charge in [0, 0.05) is 30.3 Å². The van der Waals surface area contributed by atoms with Gasteiger partial charge in [0.1, 0.15) is 16.9 Å². The van der Waals surface area contributed by atoms with Crippen LogP contribution in [0.1, 0.15) is 29.5 Å². The van der Waals surface area contributed by atoms with Crippen molar-refractivity contribution in [2.24, 2.45) is 0 Å². The highest BCUT2D eigenvalue weighted by atomic mass is 32.1. The summed E-state index contributed by atoms with van der Waals surface area (Å²) in [6.07, 6.45) is 6.41. The summed E-state index contributed by atoms with van der Waals surface area (Å²) in [7, 11) is 0. The summed E-state index contributed by atoms with van der Waals surface area (Å²) in [6, 6.07) is 0.254. The second-order valence-electron chi connectivity index (χ2n) is 4.39. The van der Waals surface area contributed by atoms with Crippen molar-refractivity contribution >= 4 is 17.2 Å². The molecular formula is C12H16N4OS. The van der Waals surface area contributed by atoms with Crippen LogP contribution in [0.5, 0.6) is 0 Å². The quantitative estimate of drug-likeness (QED) is 0.881. The number of rotatable bonds is 4. The number of nitrogens with one attached hydrogen (secondary N) is 1. The molecule has 0 aromatic carbocycles. The summed E-state index contributed by atoms with van der Waals surface area (Å²) in [5.41, 5.74) is 1.19. The van der Waals surface area contributed by atoms with Gasteiger partial charge in [0.15, 0.2) is 0 Å². The van der Waals surface area contributed by atoms with E-state index in [1.165, 1.54) is 5.56 Å². The van der Waals surface area contributed by atoms with E-state index in [0.29, 0.717) is 0 Å². The molecule has 18 heavy (non-hydrogen) atoms. The first-order valence-corrected chi connectivity index (χ1v) is 7.08. The molecule has 2 aromatic heterocycles. The zero-order valence-corrected chi connectivity index (χ0v) is 10.9. The van der Waals surface area contributed by atoms with Gasteiger partial charge in [0.2, 0.25) is 0 Å². The molecule has 0 aliphatic carbocycles. The molecule has 2 N–H and O–H groups in total. The van der Waals surface area contributed by atoms with E-state index in [2.05, 4.69) is 15.4 Å². The highest BCUT2D eigenvalue weighted by molar-refractivity contribution is 7.09. The van der Waals surface area contributed by atoms with E-state index in [1.54, 1.807) is 11.3 Å². The van der Waals surface area contributed by atoms with Crippen LogP contribution < -0.4 is 5.32 Å². The van der Waals surface area contributed by atoms with Crippen molar-refractivity contribution in [3.8, 4) is 0 Å². The summed E-state index contributed by atoms with van der Waals surface area (Å²) in [6.45, 7) is 1.17. The van der Waals surface area contributed by atoms with E-state index in [4.69, 9.17) is 5.11 Å². The summed E-state index contributed by atoms with van der Waals surface area (Å²) >= 11 is 1.68. The minimum absolute atomic E-state index is 0.223. The third-order valence-corrected chi connectivity index (χ3v) is 4.09. The highest BCUT2D eigenvalue weighted by Crippen LogP contribution is 2.32. The summed E-state index contributed by atoms with van der Waals surface area (Å²) < 4.78 is 2.04. The van der Waals surface area contributed by atoms with Gasteiger partial charge in [0.05, 0.1) is 6.20 Å². The Morgan fingerprint density at radius 1 is 1.56 bits per heavy atom. The van der Waals surface area contributed by atoms with Gasteiger partial charge in [-0.25, -0.2) is 9.67 Å². The van der Waals surface area contributed by atoms with Gasteiger partial charge in [-0.15, -0.1) is 11.3 Å². The number of hydrogen-bond acceptors (Lipinski definition) is 5. The van der Waals surface area contributed by atoms with Crippen LogP contribution >= 0.6 is 11.3 Å². The Morgan fingerprint density at radius 2 is 2.50 bits per heavy atom. The first-order valence-electron chi connectivity index (χ1n) is 6.20. The predicted octanol–water partition coefficient (Wildman–Crippen LogP) is 1.67. The number of aliphatic hydroxyl groups is 1. The Balaban J connectivity index is 1.90. The Labute approximate surface area is 109 Å². The lowest BCUT2D eigenvalue weighted by atomic mass is 10.1. The Kier molecular flexibility index (Phi) is 3.29. The molecule has 1 aliphatic heterocycles. The van der Waals surface area contributed by atoms with Gasteiger partial charge in [-0.1, -0.05) is 0 Å². The summed E-state index contributed by atoms with van der Waals surface area (Å²) in [4.78, 5) is 4.40. The maximum absolute atomic E-state index is 8.92. The zero-order chi connectivity index (χ0) is 12.4. The van der Waals surface area contributed by atoms with Crippen LogP contribution in [-0.4, -0.2) is 33.0 Å². The molecule has 0 radical (unpaired) electrons. The molecule has 6 heteroatoms. The van der Waals surface area contributed by atoms with Gasteiger partial charge in [0.25, 0.3) is 0 Å². The molecular weight excluding hydrogens is 248 g/mol. The maximum Gasteiger partial charge on any atom is 0.128 e. The van der Waals surface area contributed by atoms with E-state index in [1.807, 2.05) is 22.5 Å². The third kappa shape index (κ3) is 2.02. The summed E-state index contributed by atoms with van der Waals surface area (Å²) in [5, 5.41) is 19.9. The molecule has 1 aliphatic rings.